The van der Waals surface area contributed by atoms with E-state index in [0.29, 0.717) is 10.6 Å². The zero-order valence-electron chi connectivity index (χ0n) is 17.5. The lowest BCUT2D eigenvalue weighted by atomic mass is 10.0. The van der Waals surface area contributed by atoms with E-state index in [9.17, 15) is 4.79 Å². The first kappa shape index (κ1) is 21.5. The predicted octanol–water partition coefficient (Wildman–Crippen LogP) is 7.19. The van der Waals surface area contributed by atoms with Gasteiger partial charge in [-0.2, -0.15) is 0 Å². The van der Waals surface area contributed by atoms with Crippen molar-refractivity contribution in [1.82, 2.24) is 4.98 Å². The highest BCUT2D eigenvalue weighted by Gasteiger charge is 2.27. The molecule has 3 nitrogen and oxygen atoms in total. The van der Waals surface area contributed by atoms with E-state index in [1.807, 2.05) is 42.5 Å². The quantitative estimate of drug-likeness (QED) is 0.388. The molecule has 1 heterocycles. The van der Waals surface area contributed by atoms with E-state index in [1.165, 1.54) is 24.2 Å². The molecule has 1 aromatic heterocycles. The number of nitrogens with one attached hydrogen (secondary N) is 1. The third-order valence-electron chi connectivity index (χ3n) is 6.37. The Labute approximate surface area is 179 Å². The number of amides is 1. The number of carbonyl (C=O) groups is 1. The van der Waals surface area contributed by atoms with Gasteiger partial charge in [-0.3, -0.25) is 9.78 Å². The molecule has 152 valence electrons. The molecule has 29 heavy (non-hydrogen) atoms. The third-order valence-corrected chi connectivity index (χ3v) is 12.4. The number of benzene rings is 2. The summed E-state index contributed by atoms with van der Waals surface area (Å²) in [6.07, 6.45) is 2.67. The second kappa shape index (κ2) is 9.55. The molecule has 3 aromatic rings. The standard InChI is InChI=1S/C24H29ClN2OSi/c1-4-29(5-2,6-3)16-14-18-12-13-20(25)17-21(18)24(28)27-22-11-7-9-19-10-8-15-26-23(19)22/h7-13,15,17H,4-6,14,16H2,1-3H3,(H,27,28). The van der Waals surface area contributed by atoms with Crippen LogP contribution in [0.15, 0.2) is 54.7 Å². The third kappa shape index (κ3) is 4.88. The van der Waals surface area contributed by atoms with Crippen molar-refractivity contribution in [3.05, 3.63) is 70.9 Å². The van der Waals surface area contributed by atoms with E-state index in [-0.39, 0.29) is 5.91 Å². The Morgan fingerprint density at radius 3 is 2.48 bits per heavy atom. The van der Waals surface area contributed by atoms with Crippen LogP contribution in [-0.4, -0.2) is 19.0 Å². The van der Waals surface area contributed by atoms with E-state index in [0.717, 1.165) is 28.6 Å². The minimum absolute atomic E-state index is 0.127. The second-order valence-electron chi connectivity index (χ2n) is 7.70. The number of nitrogens with zero attached hydrogens (tertiary/aromatic N) is 1. The van der Waals surface area contributed by atoms with Crippen molar-refractivity contribution in [2.75, 3.05) is 5.32 Å². The molecule has 0 spiro atoms. The molecule has 0 radical (unpaired) electrons. The molecule has 1 amide bonds. The fourth-order valence-electron chi connectivity index (χ4n) is 4.05. The van der Waals surface area contributed by atoms with Crippen LogP contribution < -0.4 is 5.32 Å². The van der Waals surface area contributed by atoms with Gasteiger partial charge in [0.1, 0.15) is 0 Å². The normalized spacial score (nSPS) is 11.6. The van der Waals surface area contributed by atoms with Crippen molar-refractivity contribution < 1.29 is 4.79 Å². The van der Waals surface area contributed by atoms with Crippen LogP contribution in [0.3, 0.4) is 0 Å². The van der Waals surface area contributed by atoms with Crippen molar-refractivity contribution in [2.24, 2.45) is 0 Å². The average molecular weight is 425 g/mol. The lowest BCUT2D eigenvalue weighted by Gasteiger charge is -2.28. The molecule has 0 unspecified atom stereocenters. The molecule has 0 atom stereocenters. The number of pyridine rings is 1. The zero-order chi connectivity index (χ0) is 20.9. The predicted molar refractivity (Wildman–Crippen MR) is 127 cm³/mol. The van der Waals surface area contributed by atoms with Crippen LogP contribution in [0.25, 0.3) is 10.9 Å². The first-order chi connectivity index (χ1) is 14.0. The lowest BCUT2D eigenvalue weighted by Crippen LogP contribution is -2.31. The van der Waals surface area contributed by atoms with Crippen molar-refractivity contribution in [3.63, 3.8) is 0 Å². The molecule has 0 aliphatic rings. The fourth-order valence-corrected chi connectivity index (χ4v) is 7.59. The Balaban J connectivity index is 1.87. The van der Waals surface area contributed by atoms with E-state index in [2.05, 4.69) is 31.1 Å². The lowest BCUT2D eigenvalue weighted by molar-refractivity contribution is 0.102. The van der Waals surface area contributed by atoms with E-state index >= 15 is 0 Å². The Morgan fingerprint density at radius 1 is 1.03 bits per heavy atom. The SMILES string of the molecule is CC[Si](CC)(CC)CCc1ccc(Cl)cc1C(=O)Nc1cccc2cccnc12. The number of fused-ring (bicyclic) bond motifs is 1. The van der Waals surface area contributed by atoms with Crippen LogP contribution in [0.5, 0.6) is 0 Å². The van der Waals surface area contributed by atoms with Crippen molar-refractivity contribution in [2.45, 2.75) is 51.4 Å². The van der Waals surface area contributed by atoms with Gasteiger partial charge < -0.3 is 5.32 Å². The zero-order valence-corrected chi connectivity index (χ0v) is 19.2. The molecular formula is C24H29ClN2OSi. The summed E-state index contributed by atoms with van der Waals surface area (Å²) in [7, 11) is -1.26. The summed E-state index contributed by atoms with van der Waals surface area (Å²) in [5.41, 5.74) is 3.25. The van der Waals surface area contributed by atoms with E-state index in [1.54, 1.807) is 12.3 Å². The monoisotopic (exact) mass is 424 g/mol. The number of halogens is 1. The topological polar surface area (TPSA) is 42.0 Å². The summed E-state index contributed by atoms with van der Waals surface area (Å²) in [5.74, 6) is -0.127. The maximum absolute atomic E-state index is 13.2. The van der Waals surface area contributed by atoms with Gasteiger partial charge >= 0.3 is 0 Å². The number of hydrogen-bond donors (Lipinski definition) is 1. The minimum atomic E-state index is -1.26. The van der Waals surface area contributed by atoms with Gasteiger partial charge in [0.05, 0.1) is 19.3 Å². The van der Waals surface area contributed by atoms with Crippen LogP contribution in [0.2, 0.25) is 29.2 Å². The van der Waals surface area contributed by atoms with Gasteiger partial charge in [0.25, 0.3) is 5.91 Å². The molecule has 0 saturated heterocycles. The van der Waals surface area contributed by atoms with Gasteiger partial charge in [0, 0.05) is 22.2 Å². The van der Waals surface area contributed by atoms with Gasteiger partial charge in [-0.15, -0.1) is 0 Å². The van der Waals surface area contributed by atoms with Gasteiger partial charge in [-0.1, -0.05) is 80.8 Å². The van der Waals surface area contributed by atoms with Crippen molar-refractivity contribution >= 4 is 42.2 Å². The molecule has 0 fully saturated rings. The molecule has 0 bridgehead atoms. The largest absolute Gasteiger partial charge is 0.320 e. The summed E-state index contributed by atoms with van der Waals surface area (Å²) in [6.45, 7) is 6.96. The van der Waals surface area contributed by atoms with Crippen molar-refractivity contribution in [1.29, 1.82) is 0 Å². The van der Waals surface area contributed by atoms with Crippen LogP contribution >= 0.6 is 11.6 Å². The number of rotatable bonds is 8. The summed E-state index contributed by atoms with van der Waals surface area (Å²) in [6, 6.07) is 20.5. The number of aryl methyl sites for hydroxylation is 1. The number of aromatic nitrogens is 1. The van der Waals surface area contributed by atoms with Gasteiger partial charge in [-0.25, -0.2) is 0 Å². The molecular weight excluding hydrogens is 396 g/mol. The van der Waals surface area contributed by atoms with Gasteiger partial charge in [0.2, 0.25) is 0 Å². The molecule has 0 aliphatic carbocycles. The van der Waals surface area contributed by atoms with Gasteiger partial charge in [-0.05, 0) is 36.2 Å². The molecule has 5 heteroatoms. The van der Waals surface area contributed by atoms with Crippen LogP contribution in [0.4, 0.5) is 5.69 Å². The summed E-state index contributed by atoms with van der Waals surface area (Å²) >= 11 is 6.25. The minimum Gasteiger partial charge on any atom is -0.320 e. The Bertz CT molecular complexity index is 988. The first-order valence-corrected chi connectivity index (χ1v) is 13.7. The number of para-hydroxylation sites is 1. The maximum Gasteiger partial charge on any atom is 0.256 e. The highest BCUT2D eigenvalue weighted by Crippen LogP contribution is 2.29. The summed E-state index contributed by atoms with van der Waals surface area (Å²) in [5, 5.41) is 4.64. The Hall–Kier alpha value is -2.17. The number of carbonyl (C=O) groups excluding carboxylic acids is 1. The van der Waals surface area contributed by atoms with Crippen LogP contribution in [-0.2, 0) is 6.42 Å². The second-order valence-corrected chi connectivity index (χ2v) is 13.8. The average Bonchev–Trinajstić information content (AvgIpc) is 2.76. The van der Waals surface area contributed by atoms with E-state index < -0.39 is 8.07 Å². The Morgan fingerprint density at radius 2 is 1.76 bits per heavy atom. The number of anilines is 1. The number of hydrogen-bond acceptors (Lipinski definition) is 2. The molecule has 0 saturated carbocycles. The fraction of sp³-hybridized carbons (Fsp3) is 0.333. The highest BCUT2D eigenvalue weighted by atomic mass is 35.5. The summed E-state index contributed by atoms with van der Waals surface area (Å²) in [4.78, 5) is 17.6. The smallest absolute Gasteiger partial charge is 0.256 e. The van der Waals surface area contributed by atoms with Crippen LogP contribution in [0.1, 0.15) is 36.7 Å². The molecule has 0 aliphatic heterocycles. The molecule has 1 N–H and O–H groups in total. The van der Waals surface area contributed by atoms with Crippen molar-refractivity contribution in [3.8, 4) is 0 Å². The molecule has 2 aromatic carbocycles. The van der Waals surface area contributed by atoms with Gasteiger partial charge in [0.15, 0.2) is 0 Å². The molecule has 3 rings (SSSR count). The van der Waals surface area contributed by atoms with E-state index in [4.69, 9.17) is 11.6 Å². The summed E-state index contributed by atoms with van der Waals surface area (Å²) < 4.78 is 0. The van der Waals surface area contributed by atoms with Crippen LogP contribution in [0, 0.1) is 0 Å². The Kier molecular flexibility index (Phi) is 7.09. The highest BCUT2D eigenvalue weighted by molar-refractivity contribution is 6.79. The maximum atomic E-state index is 13.2. The first-order valence-electron chi connectivity index (χ1n) is 10.5.